The molecule has 108 valence electrons. The van der Waals surface area contributed by atoms with Gasteiger partial charge < -0.3 is 0 Å². The van der Waals surface area contributed by atoms with Crippen molar-refractivity contribution in [2.24, 2.45) is 0 Å². The number of hydrogen-bond acceptors (Lipinski definition) is 3. The zero-order valence-corrected chi connectivity index (χ0v) is 12.2. The van der Waals surface area contributed by atoms with Crippen LogP contribution in [0.4, 0.5) is 4.39 Å². The normalized spacial score (nSPS) is 10.6. The fourth-order valence-electron chi connectivity index (χ4n) is 1.34. The van der Waals surface area contributed by atoms with Crippen LogP contribution in [0.15, 0.2) is 59.5 Å². The predicted molar refractivity (Wildman–Crippen MR) is 76.4 cm³/mol. The zero-order valence-electron chi connectivity index (χ0n) is 11.4. The Morgan fingerprint density at radius 3 is 1.95 bits per heavy atom. The maximum absolute atomic E-state index is 11.9. The van der Waals surface area contributed by atoms with Crippen molar-refractivity contribution in [1.82, 2.24) is 0 Å². The molecule has 0 radical (unpaired) electrons. The molecule has 0 amide bonds. The van der Waals surface area contributed by atoms with Gasteiger partial charge in [-0.1, -0.05) is 35.9 Å². The van der Waals surface area contributed by atoms with Gasteiger partial charge in [0.25, 0.3) is 10.1 Å². The van der Waals surface area contributed by atoms with Crippen LogP contribution in [0.1, 0.15) is 12.5 Å². The van der Waals surface area contributed by atoms with Gasteiger partial charge in [-0.25, -0.2) is 4.39 Å². The average Bonchev–Trinajstić information content (AvgIpc) is 2.41. The van der Waals surface area contributed by atoms with Crippen molar-refractivity contribution in [2.45, 2.75) is 18.7 Å². The molecule has 20 heavy (non-hydrogen) atoms. The Labute approximate surface area is 119 Å². The quantitative estimate of drug-likeness (QED) is 0.814. The summed E-state index contributed by atoms with van der Waals surface area (Å²) in [5, 5.41) is 0. The van der Waals surface area contributed by atoms with Crippen molar-refractivity contribution < 1.29 is 17.0 Å². The topological polar surface area (TPSA) is 43.4 Å². The zero-order chi connectivity index (χ0) is 15.0. The van der Waals surface area contributed by atoms with Crippen molar-refractivity contribution >= 4 is 10.1 Å². The fraction of sp³-hybridized carbons (Fsp3) is 0.200. The summed E-state index contributed by atoms with van der Waals surface area (Å²) in [4.78, 5) is 0.208. The van der Waals surface area contributed by atoms with Gasteiger partial charge in [-0.05, 0) is 38.1 Å². The summed E-state index contributed by atoms with van der Waals surface area (Å²) in [6, 6.07) is 14.5. The van der Waals surface area contributed by atoms with Crippen molar-refractivity contribution in [3.05, 3.63) is 66.0 Å². The molecular weight excluding hydrogens is 279 g/mol. The molecule has 3 nitrogen and oxygen atoms in total. The minimum absolute atomic E-state index is 0.163. The molecule has 0 atom stereocenters. The second-order valence-corrected chi connectivity index (χ2v) is 5.58. The molecule has 2 aromatic rings. The Morgan fingerprint density at radius 2 is 1.55 bits per heavy atom. The first-order chi connectivity index (χ1) is 9.45. The number of halogens is 1. The van der Waals surface area contributed by atoms with Gasteiger partial charge in [-0.3, -0.25) is 4.18 Å². The first-order valence-corrected chi connectivity index (χ1v) is 7.53. The second kappa shape index (κ2) is 7.77. The summed E-state index contributed by atoms with van der Waals surface area (Å²) in [6.07, 6.45) is 0. The minimum Gasteiger partial charge on any atom is -0.267 e. The highest BCUT2D eigenvalue weighted by atomic mass is 32.2. The summed E-state index contributed by atoms with van der Waals surface area (Å²) < 4.78 is 39.2. The van der Waals surface area contributed by atoms with Crippen LogP contribution in [0, 0.1) is 12.7 Å². The van der Waals surface area contributed by atoms with Crippen LogP contribution < -0.4 is 0 Å². The molecule has 0 aliphatic rings. The average molecular weight is 296 g/mol. The van der Waals surface area contributed by atoms with E-state index in [0.29, 0.717) is 0 Å². The highest BCUT2D eigenvalue weighted by Crippen LogP contribution is 2.12. The van der Waals surface area contributed by atoms with Crippen molar-refractivity contribution in [3.63, 3.8) is 0 Å². The Morgan fingerprint density at radius 1 is 1.00 bits per heavy atom. The van der Waals surface area contributed by atoms with E-state index in [1.807, 2.05) is 6.92 Å². The Balaban J connectivity index is 0.000000240. The molecule has 0 aliphatic heterocycles. The molecule has 5 heteroatoms. The Kier molecular flexibility index (Phi) is 6.35. The first-order valence-electron chi connectivity index (χ1n) is 6.12. The summed E-state index contributed by atoms with van der Waals surface area (Å²) in [7, 11) is -3.53. The van der Waals surface area contributed by atoms with Crippen LogP contribution in [0.3, 0.4) is 0 Å². The molecule has 0 fully saturated rings. The smallest absolute Gasteiger partial charge is 0.267 e. The van der Waals surface area contributed by atoms with Crippen molar-refractivity contribution in [1.29, 1.82) is 0 Å². The third-order valence-electron chi connectivity index (χ3n) is 2.32. The van der Waals surface area contributed by atoms with E-state index in [4.69, 9.17) is 0 Å². The highest BCUT2D eigenvalue weighted by molar-refractivity contribution is 7.86. The lowest BCUT2D eigenvalue weighted by molar-refractivity contribution is 0.338. The lowest BCUT2D eigenvalue weighted by Gasteiger charge is -2.02. The van der Waals surface area contributed by atoms with E-state index < -0.39 is 10.1 Å². The van der Waals surface area contributed by atoms with Gasteiger partial charge in [0.1, 0.15) is 5.82 Å². The molecule has 0 spiro atoms. The van der Waals surface area contributed by atoms with E-state index in [-0.39, 0.29) is 17.3 Å². The lowest BCUT2D eigenvalue weighted by atomic mass is 10.2. The third-order valence-corrected chi connectivity index (χ3v) is 3.71. The molecule has 0 saturated heterocycles. The Hall–Kier alpha value is -1.72. The fourth-order valence-corrected chi connectivity index (χ4v) is 2.26. The largest absolute Gasteiger partial charge is 0.296 e. The summed E-state index contributed by atoms with van der Waals surface area (Å²) >= 11 is 0. The minimum atomic E-state index is -3.53. The first kappa shape index (κ1) is 16.3. The van der Waals surface area contributed by atoms with Gasteiger partial charge in [0.05, 0.1) is 11.5 Å². The molecule has 0 saturated carbocycles. The van der Waals surface area contributed by atoms with Crippen LogP contribution in [0.2, 0.25) is 0 Å². The van der Waals surface area contributed by atoms with Crippen LogP contribution >= 0.6 is 0 Å². The van der Waals surface area contributed by atoms with E-state index in [1.54, 1.807) is 49.4 Å². The van der Waals surface area contributed by atoms with E-state index in [0.717, 1.165) is 5.56 Å². The number of rotatable bonds is 3. The molecule has 0 heterocycles. The molecule has 0 aliphatic carbocycles. The molecule has 2 rings (SSSR count). The number of hydrogen-bond donors (Lipinski definition) is 0. The summed E-state index contributed by atoms with van der Waals surface area (Å²) in [6.45, 7) is 3.71. The van der Waals surface area contributed by atoms with Crippen molar-refractivity contribution in [2.75, 3.05) is 6.61 Å². The highest BCUT2D eigenvalue weighted by Gasteiger charge is 2.12. The molecule has 0 aromatic heterocycles. The molecule has 0 bridgehead atoms. The van der Waals surface area contributed by atoms with Gasteiger partial charge in [-0.2, -0.15) is 8.42 Å². The second-order valence-electron chi connectivity index (χ2n) is 3.97. The summed E-state index contributed by atoms with van der Waals surface area (Å²) in [5.74, 6) is -0.178. The van der Waals surface area contributed by atoms with Crippen LogP contribution in [0.5, 0.6) is 0 Å². The molecule has 2 aromatic carbocycles. The van der Waals surface area contributed by atoms with E-state index in [1.165, 1.54) is 12.1 Å². The van der Waals surface area contributed by atoms with E-state index >= 15 is 0 Å². The lowest BCUT2D eigenvalue weighted by Crippen LogP contribution is -2.05. The van der Waals surface area contributed by atoms with Gasteiger partial charge in [-0.15, -0.1) is 0 Å². The van der Waals surface area contributed by atoms with Crippen molar-refractivity contribution in [3.8, 4) is 0 Å². The molecular formula is C15H17FO3S. The predicted octanol–water partition coefficient (Wildman–Crippen LogP) is 3.55. The number of aryl methyl sites for hydroxylation is 1. The van der Waals surface area contributed by atoms with Gasteiger partial charge in [0, 0.05) is 0 Å². The van der Waals surface area contributed by atoms with E-state index in [2.05, 4.69) is 4.18 Å². The summed E-state index contributed by atoms with van der Waals surface area (Å²) in [5.41, 5.74) is 1.02. The third kappa shape index (κ3) is 5.50. The maximum atomic E-state index is 11.9. The van der Waals surface area contributed by atoms with Crippen LogP contribution in [0.25, 0.3) is 0 Å². The van der Waals surface area contributed by atoms with Gasteiger partial charge in [0.15, 0.2) is 0 Å². The standard InChI is InChI=1S/C9H12O3S.C6H5F/c1-3-12-13(10,11)9-6-4-8(2)5-7-9;7-6-4-2-1-3-5-6/h4-7H,3H2,1-2H3;1-5H. The monoisotopic (exact) mass is 296 g/mol. The van der Waals surface area contributed by atoms with Crippen LogP contribution in [-0.4, -0.2) is 15.0 Å². The van der Waals surface area contributed by atoms with Crippen LogP contribution in [-0.2, 0) is 14.3 Å². The van der Waals surface area contributed by atoms with Gasteiger partial charge >= 0.3 is 0 Å². The number of benzene rings is 2. The SMILES string of the molecule is CCOS(=O)(=O)c1ccc(C)cc1.Fc1ccccc1. The Bertz CT molecular complexity index is 607. The molecule has 0 N–H and O–H groups in total. The van der Waals surface area contributed by atoms with Gasteiger partial charge in [0.2, 0.25) is 0 Å². The maximum Gasteiger partial charge on any atom is 0.296 e. The molecule has 0 unspecified atom stereocenters. The van der Waals surface area contributed by atoms with E-state index in [9.17, 15) is 12.8 Å².